The SMILES string of the molecule is CNC(=O)C(C)Oc1ccc(CNC(C)C)nc1. The molecule has 0 aromatic carbocycles. The van der Waals surface area contributed by atoms with Gasteiger partial charge in [-0.3, -0.25) is 9.78 Å². The molecule has 1 rings (SSSR count). The van der Waals surface area contributed by atoms with Crippen LogP contribution in [0.4, 0.5) is 0 Å². The lowest BCUT2D eigenvalue weighted by molar-refractivity contribution is -0.126. The summed E-state index contributed by atoms with van der Waals surface area (Å²) in [6.07, 6.45) is 1.12. The number of likely N-dealkylation sites (N-methyl/N-ethyl adjacent to an activating group) is 1. The number of hydrogen-bond donors (Lipinski definition) is 2. The second-order valence-electron chi connectivity index (χ2n) is 4.40. The van der Waals surface area contributed by atoms with E-state index in [-0.39, 0.29) is 5.91 Å². The number of amides is 1. The van der Waals surface area contributed by atoms with Crippen LogP contribution in [0.25, 0.3) is 0 Å². The second kappa shape index (κ2) is 6.96. The molecule has 1 heterocycles. The topological polar surface area (TPSA) is 63.2 Å². The van der Waals surface area contributed by atoms with Crippen LogP contribution < -0.4 is 15.4 Å². The van der Waals surface area contributed by atoms with Crippen LogP contribution in [0.3, 0.4) is 0 Å². The first-order valence-corrected chi connectivity index (χ1v) is 6.09. The zero-order chi connectivity index (χ0) is 13.5. The van der Waals surface area contributed by atoms with E-state index in [2.05, 4.69) is 29.5 Å². The fourth-order valence-corrected chi connectivity index (χ4v) is 1.35. The number of aromatic nitrogens is 1. The van der Waals surface area contributed by atoms with Crippen molar-refractivity contribution in [1.82, 2.24) is 15.6 Å². The Morgan fingerprint density at radius 2 is 2.11 bits per heavy atom. The maximum Gasteiger partial charge on any atom is 0.260 e. The van der Waals surface area contributed by atoms with E-state index in [9.17, 15) is 4.79 Å². The van der Waals surface area contributed by atoms with Crippen LogP contribution >= 0.6 is 0 Å². The van der Waals surface area contributed by atoms with Gasteiger partial charge in [0, 0.05) is 19.6 Å². The van der Waals surface area contributed by atoms with Gasteiger partial charge >= 0.3 is 0 Å². The molecule has 1 aromatic heterocycles. The average molecular weight is 251 g/mol. The highest BCUT2D eigenvalue weighted by Crippen LogP contribution is 2.11. The van der Waals surface area contributed by atoms with Crippen LogP contribution in [0.2, 0.25) is 0 Å². The molecule has 0 spiro atoms. The van der Waals surface area contributed by atoms with Gasteiger partial charge in [-0.05, 0) is 19.1 Å². The summed E-state index contributed by atoms with van der Waals surface area (Å²) in [5, 5.41) is 5.82. The molecule has 0 aliphatic carbocycles. The maximum absolute atomic E-state index is 11.3. The zero-order valence-corrected chi connectivity index (χ0v) is 11.4. The molecule has 2 N–H and O–H groups in total. The van der Waals surface area contributed by atoms with Crippen LogP contribution in [0.1, 0.15) is 26.5 Å². The lowest BCUT2D eigenvalue weighted by Crippen LogP contribution is -2.33. The molecule has 0 fully saturated rings. The Hall–Kier alpha value is -1.62. The number of carbonyl (C=O) groups excluding carboxylic acids is 1. The van der Waals surface area contributed by atoms with Crippen molar-refractivity contribution in [3.8, 4) is 5.75 Å². The van der Waals surface area contributed by atoms with E-state index in [1.165, 1.54) is 0 Å². The minimum Gasteiger partial charge on any atom is -0.479 e. The first-order valence-electron chi connectivity index (χ1n) is 6.09. The van der Waals surface area contributed by atoms with E-state index in [4.69, 9.17) is 4.74 Å². The standard InChI is InChI=1S/C13H21N3O2/c1-9(2)15-7-11-5-6-12(8-16-11)18-10(3)13(17)14-4/h5-6,8-10,15H,7H2,1-4H3,(H,14,17). The Bertz CT molecular complexity index is 376. The third-order valence-electron chi connectivity index (χ3n) is 2.42. The summed E-state index contributed by atoms with van der Waals surface area (Å²) >= 11 is 0. The normalized spacial score (nSPS) is 12.3. The molecule has 1 aromatic rings. The van der Waals surface area contributed by atoms with Crippen molar-refractivity contribution in [2.24, 2.45) is 0 Å². The summed E-state index contributed by atoms with van der Waals surface area (Å²) in [7, 11) is 1.58. The van der Waals surface area contributed by atoms with E-state index in [0.29, 0.717) is 11.8 Å². The van der Waals surface area contributed by atoms with Crippen molar-refractivity contribution in [2.75, 3.05) is 7.05 Å². The minimum absolute atomic E-state index is 0.152. The van der Waals surface area contributed by atoms with Gasteiger partial charge in [-0.25, -0.2) is 0 Å². The summed E-state index contributed by atoms with van der Waals surface area (Å²) in [4.78, 5) is 15.6. The Kier molecular flexibility index (Phi) is 5.58. The van der Waals surface area contributed by atoms with E-state index in [1.54, 1.807) is 20.2 Å². The van der Waals surface area contributed by atoms with Gasteiger partial charge in [-0.15, -0.1) is 0 Å². The number of rotatable bonds is 6. The average Bonchev–Trinajstić information content (AvgIpc) is 2.36. The first kappa shape index (κ1) is 14.4. The molecule has 5 nitrogen and oxygen atoms in total. The molecule has 0 saturated heterocycles. The molecule has 0 saturated carbocycles. The van der Waals surface area contributed by atoms with Crippen LogP contribution in [-0.4, -0.2) is 30.1 Å². The molecule has 1 amide bonds. The predicted molar refractivity (Wildman–Crippen MR) is 70.4 cm³/mol. The lowest BCUT2D eigenvalue weighted by Gasteiger charge is -2.13. The summed E-state index contributed by atoms with van der Waals surface area (Å²) in [5.41, 5.74) is 0.948. The fraction of sp³-hybridized carbons (Fsp3) is 0.538. The first-order chi connectivity index (χ1) is 8.52. The zero-order valence-electron chi connectivity index (χ0n) is 11.4. The number of nitrogens with one attached hydrogen (secondary N) is 2. The molecule has 100 valence electrons. The van der Waals surface area contributed by atoms with Crippen molar-refractivity contribution in [1.29, 1.82) is 0 Å². The molecular weight excluding hydrogens is 230 g/mol. The van der Waals surface area contributed by atoms with E-state index >= 15 is 0 Å². The van der Waals surface area contributed by atoms with Gasteiger partial charge in [-0.1, -0.05) is 13.8 Å². The third kappa shape index (κ3) is 4.71. The van der Waals surface area contributed by atoms with Gasteiger partial charge < -0.3 is 15.4 Å². The van der Waals surface area contributed by atoms with Crippen molar-refractivity contribution in [2.45, 2.75) is 39.5 Å². The second-order valence-corrected chi connectivity index (χ2v) is 4.40. The van der Waals surface area contributed by atoms with E-state index in [1.807, 2.05) is 12.1 Å². The van der Waals surface area contributed by atoms with Gasteiger partial charge in [0.05, 0.1) is 11.9 Å². The maximum atomic E-state index is 11.3. The molecule has 5 heteroatoms. The number of pyridine rings is 1. The molecule has 18 heavy (non-hydrogen) atoms. The van der Waals surface area contributed by atoms with Gasteiger partial charge in [0.15, 0.2) is 6.10 Å². The third-order valence-corrected chi connectivity index (χ3v) is 2.42. The number of ether oxygens (including phenoxy) is 1. The highest BCUT2D eigenvalue weighted by atomic mass is 16.5. The number of hydrogen-bond acceptors (Lipinski definition) is 4. The highest BCUT2D eigenvalue weighted by Gasteiger charge is 2.12. The van der Waals surface area contributed by atoms with Gasteiger partial charge in [0.2, 0.25) is 0 Å². The Morgan fingerprint density at radius 3 is 2.61 bits per heavy atom. The van der Waals surface area contributed by atoms with E-state index < -0.39 is 6.10 Å². The van der Waals surface area contributed by atoms with Crippen LogP contribution in [-0.2, 0) is 11.3 Å². The van der Waals surface area contributed by atoms with Crippen LogP contribution in [0, 0.1) is 0 Å². The fourth-order valence-electron chi connectivity index (χ4n) is 1.35. The monoisotopic (exact) mass is 251 g/mol. The van der Waals surface area contributed by atoms with Crippen molar-refractivity contribution in [3.63, 3.8) is 0 Å². The molecule has 0 radical (unpaired) electrons. The van der Waals surface area contributed by atoms with Crippen molar-refractivity contribution in [3.05, 3.63) is 24.0 Å². The molecule has 1 atom stereocenters. The number of carbonyl (C=O) groups is 1. The smallest absolute Gasteiger partial charge is 0.260 e. The molecule has 0 bridgehead atoms. The Labute approximate surface area is 108 Å². The van der Waals surface area contributed by atoms with Gasteiger partial charge in [0.25, 0.3) is 5.91 Å². The summed E-state index contributed by atoms with van der Waals surface area (Å²) < 4.78 is 5.45. The summed E-state index contributed by atoms with van der Waals surface area (Å²) in [5.74, 6) is 0.444. The molecule has 0 aliphatic rings. The Balaban J connectivity index is 2.52. The molecular formula is C13H21N3O2. The number of nitrogens with zero attached hydrogens (tertiary/aromatic N) is 1. The quantitative estimate of drug-likeness (QED) is 0.794. The molecule has 1 unspecified atom stereocenters. The van der Waals surface area contributed by atoms with Gasteiger partial charge in [0.1, 0.15) is 5.75 Å². The largest absolute Gasteiger partial charge is 0.479 e. The van der Waals surface area contributed by atoms with E-state index in [0.717, 1.165) is 12.2 Å². The summed E-state index contributed by atoms with van der Waals surface area (Å²) in [6.45, 7) is 6.60. The van der Waals surface area contributed by atoms with Crippen molar-refractivity contribution >= 4 is 5.91 Å². The lowest BCUT2D eigenvalue weighted by atomic mass is 10.3. The highest BCUT2D eigenvalue weighted by molar-refractivity contribution is 5.80. The Morgan fingerprint density at radius 1 is 1.39 bits per heavy atom. The van der Waals surface area contributed by atoms with Crippen molar-refractivity contribution < 1.29 is 9.53 Å². The van der Waals surface area contributed by atoms with Gasteiger partial charge in [-0.2, -0.15) is 0 Å². The predicted octanol–water partition coefficient (Wildman–Crippen LogP) is 1.09. The summed E-state index contributed by atoms with van der Waals surface area (Å²) in [6, 6.07) is 4.14. The van der Waals surface area contributed by atoms with Crippen LogP contribution in [0.15, 0.2) is 18.3 Å². The minimum atomic E-state index is -0.517. The molecule has 0 aliphatic heterocycles. The van der Waals surface area contributed by atoms with Crippen LogP contribution in [0.5, 0.6) is 5.75 Å².